The zero-order valence-electron chi connectivity index (χ0n) is 15.2. The summed E-state index contributed by atoms with van der Waals surface area (Å²) in [5.74, 6) is -0.142. The highest BCUT2D eigenvalue weighted by molar-refractivity contribution is 6.02. The number of benzene rings is 2. The molecule has 1 aliphatic rings. The van der Waals surface area contributed by atoms with Crippen molar-refractivity contribution in [2.75, 3.05) is 25.0 Å². The van der Waals surface area contributed by atoms with E-state index >= 15 is 0 Å². The number of nitrogens with zero attached hydrogens (tertiary/aromatic N) is 1. The van der Waals surface area contributed by atoms with E-state index in [0.29, 0.717) is 30.9 Å². The summed E-state index contributed by atoms with van der Waals surface area (Å²) in [5.41, 5.74) is 2.24. The molecule has 2 aromatic carbocycles. The number of amides is 2. The predicted octanol–water partition coefficient (Wildman–Crippen LogP) is 3.75. The molecule has 6 heteroatoms. The minimum Gasteiger partial charge on any atom is -0.459 e. The minimum absolute atomic E-state index is 0.0480. The first-order valence-corrected chi connectivity index (χ1v) is 9.11. The predicted molar refractivity (Wildman–Crippen MR) is 104 cm³/mol. The van der Waals surface area contributed by atoms with Crippen LogP contribution in [-0.2, 0) is 4.74 Å². The van der Waals surface area contributed by atoms with Crippen LogP contribution in [0.2, 0.25) is 0 Å². The molecule has 0 spiro atoms. The highest BCUT2D eigenvalue weighted by atomic mass is 16.5. The smallest absolute Gasteiger partial charge is 0.291 e. The van der Waals surface area contributed by atoms with E-state index in [-0.39, 0.29) is 23.7 Å². The van der Waals surface area contributed by atoms with Gasteiger partial charge in [-0.2, -0.15) is 0 Å². The van der Waals surface area contributed by atoms with E-state index in [4.69, 9.17) is 9.15 Å². The lowest BCUT2D eigenvalue weighted by atomic mass is 10.1. The molecule has 1 atom stereocenters. The van der Waals surface area contributed by atoms with Gasteiger partial charge in [0.1, 0.15) is 6.10 Å². The number of carbonyl (C=O) groups excluding carboxylic acids is 2. The van der Waals surface area contributed by atoms with Gasteiger partial charge in [-0.15, -0.1) is 0 Å². The van der Waals surface area contributed by atoms with E-state index in [1.807, 2.05) is 30.3 Å². The molecule has 28 heavy (non-hydrogen) atoms. The normalized spacial score (nSPS) is 16.6. The van der Waals surface area contributed by atoms with E-state index < -0.39 is 0 Å². The van der Waals surface area contributed by atoms with Crippen molar-refractivity contribution >= 4 is 17.5 Å². The molecule has 142 valence electrons. The van der Waals surface area contributed by atoms with E-state index in [9.17, 15) is 9.59 Å². The van der Waals surface area contributed by atoms with Crippen LogP contribution in [0.3, 0.4) is 0 Å². The molecule has 3 aromatic rings. The summed E-state index contributed by atoms with van der Waals surface area (Å²) >= 11 is 0. The molecule has 1 fully saturated rings. The van der Waals surface area contributed by atoms with E-state index in [2.05, 4.69) is 5.32 Å². The maximum atomic E-state index is 12.9. The number of morpholine rings is 1. The zero-order chi connectivity index (χ0) is 19.3. The lowest BCUT2D eigenvalue weighted by molar-refractivity contribution is -0.0228. The molecule has 0 saturated carbocycles. The summed E-state index contributed by atoms with van der Waals surface area (Å²) in [6, 6.07) is 20.0. The van der Waals surface area contributed by atoms with Crippen molar-refractivity contribution in [1.82, 2.24) is 4.90 Å². The summed E-state index contributed by atoms with van der Waals surface area (Å²) in [5, 5.41) is 2.74. The lowest BCUT2D eigenvalue weighted by Gasteiger charge is -2.33. The Morgan fingerprint density at radius 1 is 0.964 bits per heavy atom. The number of nitrogens with one attached hydrogen (secondary N) is 1. The van der Waals surface area contributed by atoms with Crippen LogP contribution in [0, 0.1) is 0 Å². The largest absolute Gasteiger partial charge is 0.459 e. The van der Waals surface area contributed by atoms with Gasteiger partial charge >= 0.3 is 0 Å². The van der Waals surface area contributed by atoms with Crippen molar-refractivity contribution in [2.24, 2.45) is 0 Å². The first-order chi connectivity index (χ1) is 13.7. The van der Waals surface area contributed by atoms with Crippen LogP contribution in [-0.4, -0.2) is 36.4 Å². The lowest BCUT2D eigenvalue weighted by Crippen LogP contribution is -2.42. The maximum absolute atomic E-state index is 12.9. The van der Waals surface area contributed by atoms with Crippen LogP contribution in [0.1, 0.15) is 32.6 Å². The van der Waals surface area contributed by atoms with Gasteiger partial charge in [0.15, 0.2) is 5.76 Å². The fraction of sp³-hybridized carbons (Fsp3) is 0.182. The number of hydrogen-bond acceptors (Lipinski definition) is 4. The van der Waals surface area contributed by atoms with Crippen molar-refractivity contribution in [2.45, 2.75) is 6.10 Å². The molecule has 1 N–H and O–H groups in total. The Kier molecular flexibility index (Phi) is 5.21. The third-order valence-electron chi connectivity index (χ3n) is 4.66. The zero-order valence-corrected chi connectivity index (χ0v) is 15.2. The molecule has 6 nitrogen and oxygen atoms in total. The van der Waals surface area contributed by atoms with Crippen LogP contribution in [0.15, 0.2) is 77.4 Å². The molecular weight excluding hydrogens is 356 g/mol. The minimum atomic E-state index is -0.331. The molecule has 0 bridgehead atoms. The van der Waals surface area contributed by atoms with Crippen molar-refractivity contribution in [3.8, 4) is 0 Å². The molecule has 2 heterocycles. The molecule has 0 aliphatic carbocycles. The number of rotatable bonds is 4. The van der Waals surface area contributed by atoms with Crippen molar-refractivity contribution in [1.29, 1.82) is 0 Å². The Morgan fingerprint density at radius 2 is 1.75 bits per heavy atom. The number of anilines is 1. The van der Waals surface area contributed by atoms with Gasteiger partial charge in [0.2, 0.25) is 0 Å². The summed E-state index contributed by atoms with van der Waals surface area (Å²) < 4.78 is 10.9. The third kappa shape index (κ3) is 3.97. The summed E-state index contributed by atoms with van der Waals surface area (Å²) in [4.78, 5) is 26.7. The van der Waals surface area contributed by atoms with Crippen molar-refractivity contribution in [3.05, 3.63) is 89.9 Å². The number of carbonyl (C=O) groups is 2. The number of hydrogen-bond donors (Lipinski definition) is 1. The standard InChI is InChI=1S/C22H20N2O4/c25-21(19-7-4-13-27-19)23-18-10-8-17(9-11-18)22(26)24-12-14-28-20(15-24)16-5-2-1-3-6-16/h1-11,13,20H,12,14-15H2,(H,23,25). The first kappa shape index (κ1) is 18.0. The molecule has 1 aromatic heterocycles. The van der Waals surface area contributed by atoms with Crippen LogP contribution in [0.4, 0.5) is 5.69 Å². The van der Waals surface area contributed by atoms with Crippen molar-refractivity contribution in [3.63, 3.8) is 0 Å². The fourth-order valence-corrected chi connectivity index (χ4v) is 3.18. The fourth-order valence-electron chi connectivity index (χ4n) is 3.18. The summed E-state index contributed by atoms with van der Waals surface area (Å²) in [7, 11) is 0. The van der Waals surface area contributed by atoms with Gasteiger partial charge in [-0.05, 0) is 42.0 Å². The quantitative estimate of drug-likeness (QED) is 0.753. The van der Waals surface area contributed by atoms with Gasteiger partial charge in [-0.3, -0.25) is 9.59 Å². The van der Waals surface area contributed by atoms with E-state index in [1.54, 1.807) is 41.3 Å². The molecule has 4 rings (SSSR count). The highest BCUT2D eigenvalue weighted by Gasteiger charge is 2.26. The maximum Gasteiger partial charge on any atom is 0.291 e. The van der Waals surface area contributed by atoms with Gasteiger partial charge in [0.25, 0.3) is 11.8 Å². The van der Waals surface area contributed by atoms with E-state index in [1.165, 1.54) is 6.26 Å². The molecule has 1 unspecified atom stereocenters. The number of furan rings is 1. The van der Waals surface area contributed by atoms with Gasteiger partial charge in [0.05, 0.1) is 19.4 Å². The van der Waals surface area contributed by atoms with E-state index in [0.717, 1.165) is 5.56 Å². The molecule has 1 aliphatic heterocycles. The Balaban J connectivity index is 1.41. The Labute approximate surface area is 162 Å². The highest BCUT2D eigenvalue weighted by Crippen LogP contribution is 2.23. The second-order valence-electron chi connectivity index (χ2n) is 6.53. The summed E-state index contributed by atoms with van der Waals surface area (Å²) in [6.07, 6.45) is 1.33. The molecular formula is C22H20N2O4. The first-order valence-electron chi connectivity index (χ1n) is 9.11. The second kappa shape index (κ2) is 8.10. The topological polar surface area (TPSA) is 71.8 Å². The molecule has 2 amide bonds. The third-order valence-corrected chi connectivity index (χ3v) is 4.66. The second-order valence-corrected chi connectivity index (χ2v) is 6.53. The Bertz CT molecular complexity index is 936. The van der Waals surface area contributed by atoms with Crippen molar-refractivity contribution < 1.29 is 18.7 Å². The van der Waals surface area contributed by atoms with Crippen LogP contribution >= 0.6 is 0 Å². The average Bonchev–Trinajstić information content (AvgIpc) is 3.30. The van der Waals surface area contributed by atoms with Gasteiger partial charge in [-0.25, -0.2) is 0 Å². The Morgan fingerprint density at radius 3 is 2.46 bits per heavy atom. The monoisotopic (exact) mass is 376 g/mol. The van der Waals surface area contributed by atoms with Gasteiger partial charge in [-0.1, -0.05) is 30.3 Å². The van der Waals surface area contributed by atoms with Crippen LogP contribution < -0.4 is 5.32 Å². The van der Waals surface area contributed by atoms with Crippen LogP contribution in [0.5, 0.6) is 0 Å². The van der Waals surface area contributed by atoms with Gasteiger partial charge in [0, 0.05) is 17.8 Å². The summed E-state index contributed by atoms with van der Waals surface area (Å²) in [6.45, 7) is 1.57. The number of ether oxygens (including phenoxy) is 1. The van der Waals surface area contributed by atoms with Gasteiger partial charge < -0.3 is 19.4 Å². The average molecular weight is 376 g/mol. The van der Waals surface area contributed by atoms with Crippen LogP contribution in [0.25, 0.3) is 0 Å². The Hall–Kier alpha value is -3.38. The SMILES string of the molecule is O=C(Nc1ccc(C(=O)N2CCOC(c3ccccc3)C2)cc1)c1ccco1. The molecule has 0 radical (unpaired) electrons. The molecule has 1 saturated heterocycles.